The van der Waals surface area contributed by atoms with Gasteiger partial charge in [-0.15, -0.1) is 0 Å². The first kappa shape index (κ1) is 13.5. The van der Waals surface area contributed by atoms with Crippen molar-refractivity contribution in [2.24, 2.45) is 11.1 Å². The number of nitriles is 1. The van der Waals surface area contributed by atoms with Crippen molar-refractivity contribution in [1.29, 1.82) is 5.26 Å². The normalized spacial score (nSPS) is 23.6. The van der Waals surface area contributed by atoms with Crippen LogP contribution >= 0.6 is 0 Å². The third-order valence-electron chi connectivity index (χ3n) is 3.52. The minimum Gasteiger partial charge on any atom is -0.368 e. The minimum atomic E-state index is -1.05. The van der Waals surface area contributed by atoms with Crippen molar-refractivity contribution in [2.75, 3.05) is 6.54 Å². The van der Waals surface area contributed by atoms with Gasteiger partial charge >= 0.3 is 0 Å². The third-order valence-corrected chi connectivity index (χ3v) is 3.52. The number of piperidine rings is 1. The van der Waals surface area contributed by atoms with E-state index in [0.29, 0.717) is 19.4 Å². The molecule has 1 saturated heterocycles. The largest absolute Gasteiger partial charge is 0.368 e. The van der Waals surface area contributed by atoms with Crippen molar-refractivity contribution in [3.05, 3.63) is 0 Å². The monoisotopic (exact) mass is 237 g/mol. The molecule has 1 heterocycles. The van der Waals surface area contributed by atoms with E-state index >= 15 is 0 Å². The third kappa shape index (κ3) is 2.57. The number of hydrogen-bond acceptors (Lipinski definition) is 3. The first-order valence-corrected chi connectivity index (χ1v) is 5.98. The molecule has 2 amide bonds. The van der Waals surface area contributed by atoms with Crippen molar-refractivity contribution in [3.8, 4) is 6.07 Å². The fourth-order valence-electron chi connectivity index (χ4n) is 2.07. The number of carbonyl (C=O) groups is 2. The number of rotatable bonds is 3. The van der Waals surface area contributed by atoms with Gasteiger partial charge in [-0.3, -0.25) is 9.59 Å². The van der Waals surface area contributed by atoms with E-state index < -0.39 is 17.4 Å². The smallest absolute Gasteiger partial charge is 0.243 e. The summed E-state index contributed by atoms with van der Waals surface area (Å²) in [5, 5.41) is 9.10. The average molecular weight is 237 g/mol. The summed E-state index contributed by atoms with van der Waals surface area (Å²) in [4.78, 5) is 25.1. The van der Waals surface area contributed by atoms with Crippen molar-refractivity contribution in [3.63, 3.8) is 0 Å². The Bertz CT molecular complexity index is 361. The highest BCUT2D eigenvalue weighted by Gasteiger charge is 2.40. The molecule has 0 aliphatic carbocycles. The molecule has 0 aromatic carbocycles. The van der Waals surface area contributed by atoms with Gasteiger partial charge in [-0.1, -0.05) is 6.92 Å². The molecule has 0 saturated carbocycles. The van der Waals surface area contributed by atoms with Crippen LogP contribution in [-0.4, -0.2) is 29.3 Å². The standard InChI is InChI=1S/C12H19N3O2/c1-3-12(2,8-13)11(17)15-7-5-4-6-9(15)10(14)16/h9H,3-7H2,1-2H3,(H2,14,16). The van der Waals surface area contributed by atoms with E-state index in [4.69, 9.17) is 11.0 Å². The van der Waals surface area contributed by atoms with Gasteiger partial charge in [0.05, 0.1) is 6.07 Å². The van der Waals surface area contributed by atoms with Gasteiger partial charge in [0.2, 0.25) is 11.8 Å². The number of nitrogens with zero attached hydrogens (tertiary/aromatic N) is 2. The van der Waals surface area contributed by atoms with Crippen LogP contribution in [0.4, 0.5) is 0 Å². The number of nitrogens with two attached hydrogens (primary N) is 1. The van der Waals surface area contributed by atoms with E-state index in [-0.39, 0.29) is 5.91 Å². The van der Waals surface area contributed by atoms with E-state index in [1.54, 1.807) is 13.8 Å². The quantitative estimate of drug-likeness (QED) is 0.787. The molecule has 0 spiro atoms. The number of amides is 2. The molecule has 0 radical (unpaired) electrons. The molecule has 94 valence electrons. The van der Waals surface area contributed by atoms with Gasteiger partial charge < -0.3 is 10.6 Å². The fourth-order valence-corrected chi connectivity index (χ4v) is 2.07. The molecule has 1 aliphatic heterocycles. The van der Waals surface area contributed by atoms with Crippen molar-refractivity contribution in [1.82, 2.24) is 4.90 Å². The molecule has 1 fully saturated rings. The molecule has 0 bridgehead atoms. The Hall–Kier alpha value is -1.57. The van der Waals surface area contributed by atoms with Gasteiger partial charge in [-0.05, 0) is 32.6 Å². The highest BCUT2D eigenvalue weighted by Crippen LogP contribution is 2.27. The summed E-state index contributed by atoms with van der Waals surface area (Å²) in [6, 6.07) is 1.50. The van der Waals surface area contributed by atoms with Crippen LogP contribution in [-0.2, 0) is 9.59 Å². The van der Waals surface area contributed by atoms with E-state index in [1.165, 1.54) is 4.90 Å². The predicted molar refractivity (Wildman–Crippen MR) is 62.6 cm³/mol. The summed E-state index contributed by atoms with van der Waals surface area (Å²) in [5.41, 5.74) is 4.26. The first-order valence-electron chi connectivity index (χ1n) is 5.98. The zero-order valence-corrected chi connectivity index (χ0v) is 10.4. The molecule has 2 N–H and O–H groups in total. The number of primary amides is 1. The van der Waals surface area contributed by atoms with Crippen molar-refractivity contribution >= 4 is 11.8 Å². The van der Waals surface area contributed by atoms with Gasteiger partial charge in [0.15, 0.2) is 0 Å². The Morgan fingerprint density at radius 1 is 1.53 bits per heavy atom. The number of carbonyl (C=O) groups excluding carboxylic acids is 2. The average Bonchev–Trinajstić information content (AvgIpc) is 2.36. The van der Waals surface area contributed by atoms with E-state index in [1.807, 2.05) is 6.07 Å². The lowest BCUT2D eigenvalue weighted by Crippen LogP contribution is -2.54. The Labute approximate surface area is 102 Å². The van der Waals surface area contributed by atoms with Gasteiger partial charge in [-0.2, -0.15) is 5.26 Å². The highest BCUT2D eigenvalue weighted by molar-refractivity contribution is 5.90. The molecule has 1 rings (SSSR count). The lowest BCUT2D eigenvalue weighted by Gasteiger charge is -2.37. The highest BCUT2D eigenvalue weighted by atomic mass is 16.2. The molecule has 5 heteroatoms. The topological polar surface area (TPSA) is 87.2 Å². The summed E-state index contributed by atoms with van der Waals surface area (Å²) >= 11 is 0. The second kappa shape index (κ2) is 5.17. The molecule has 0 aromatic rings. The Kier molecular flexibility index (Phi) is 4.11. The SMILES string of the molecule is CCC(C)(C#N)C(=O)N1CCCCC1C(N)=O. The summed E-state index contributed by atoms with van der Waals surface area (Å²) in [5.74, 6) is -0.750. The van der Waals surface area contributed by atoms with E-state index in [9.17, 15) is 9.59 Å². The van der Waals surface area contributed by atoms with Crippen LogP contribution in [0, 0.1) is 16.7 Å². The van der Waals surface area contributed by atoms with Gasteiger partial charge in [0, 0.05) is 6.54 Å². The van der Waals surface area contributed by atoms with E-state index in [2.05, 4.69) is 0 Å². The minimum absolute atomic E-state index is 0.272. The van der Waals surface area contributed by atoms with Gasteiger partial charge in [0.25, 0.3) is 0 Å². The molecule has 17 heavy (non-hydrogen) atoms. The number of hydrogen-bond donors (Lipinski definition) is 1. The van der Waals surface area contributed by atoms with Crippen LogP contribution < -0.4 is 5.73 Å². The second-order valence-corrected chi connectivity index (χ2v) is 4.71. The summed E-state index contributed by atoms with van der Waals surface area (Å²) in [6.45, 7) is 3.93. The van der Waals surface area contributed by atoms with Crippen LogP contribution in [0.3, 0.4) is 0 Å². The van der Waals surface area contributed by atoms with Gasteiger partial charge in [0.1, 0.15) is 11.5 Å². The van der Waals surface area contributed by atoms with E-state index in [0.717, 1.165) is 12.8 Å². The molecule has 2 atom stereocenters. The fraction of sp³-hybridized carbons (Fsp3) is 0.750. The lowest BCUT2D eigenvalue weighted by molar-refractivity contribution is -0.146. The van der Waals surface area contributed by atoms with Gasteiger partial charge in [-0.25, -0.2) is 0 Å². The Balaban J connectivity index is 2.93. The van der Waals surface area contributed by atoms with Crippen LogP contribution in [0.15, 0.2) is 0 Å². The molecule has 2 unspecified atom stereocenters. The Morgan fingerprint density at radius 3 is 2.65 bits per heavy atom. The zero-order chi connectivity index (χ0) is 13.1. The van der Waals surface area contributed by atoms with Crippen molar-refractivity contribution in [2.45, 2.75) is 45.6 Å². The predicted octanol–water partition coefficient (Wildman–Crippen LogP) is 0.793. The summed E-state index contributed by atoms with van der Waals surface area (Å²) in [7, 11) is 0. The molecule has 5 nitrogen and oxygen atoms in total. The maximum Gasteiger partial charge on any atom is 0.243 e. The van der Waals surface area contributed by atoms with Crippen LogP contribution in [0.1, 0.15) is 39.5 Å². The number of likely N-dealkylation sites (tertiary alicyclic amines) is 1. The maximum atomic E-state index is 12.3. The maximum absolute atomic E-state index is 12.3. The van der Waals surface area contributed by atoms with Crippen LogP contribution in [0.5, 0.6) is 0 Å². The summed E-state index contributed by atoms with van der Waals surface area (Å²) in [6.07, 6.45) is 2.80. The Morgan fingerprint density at radius 2 is 2.18 bits per heavy atom. The molecule has 0 aromatic heterocycles. The molecule has 1 aliphatic rings. The molecular formula is C12H19N3O2. The summed E-state index contributed by atoms with van der Waals surface area (Å²) < 4.78 is 0. The lowest BCUT2D eigenvalue weighted by atomic mass is 9.86. The zero-order valence-electron chi connectivity index (χ0n) is 10.4. The van der Waals surface area contributed by atoms with Crippen molar-refractivity contribution < 1.29 is 9.59 Å². The first-order chi connectivity index (χ1) is 7.96. The second-order valence-electron chi connectivity index (χ2n) is 4.71. The van der Waals surface area contributed by atoms with Crippen LogP contribution in [0.2, 0.25) is 0 Å². The molecular weight excluding hydrogens is 218 g/mol. The van der Waals surface area contributed by atoms with Crippen LogP contribution in [0.25, 0.3) is 0 Å².